The summed E-state index contributed by atoms with van der Waals surface area (Å²) in [6.45, 7) is 19.9. The molecule has 0 aliphatic carbocycles. The molecule has 0 fully saturated rings. The number of unbranched alkanes of at least 4 members (excludes halogenated alkanes) is 1. The van der Waals surface area contributed by atoms with Crippen LogP contribution in [0, 0.1) is 5.41 Å². The summed E-state index contributed by atoms with van der Waals surface area (Å²) in [5, 5.41) is 0.703. The molecule has 0 aliphatic heterocycles. The summed E-state index contributed by atoms with van der Waals surface area (Å²) in [4.78, 5) is 0. The van der Waals surface area contributed by atoms with Crippen molar-refractivity contribution in [3.63, 3.8) is 0 Å². The lowest BCUT2D eigenvalue weighted by Gasteiger charge is -2.33. The van der Waals surface area contributed by atoms with Gasteiger partial charge >= 0.3 is 0 Å². The van der Waals surface area contributed by atoms with Crippen LogP contribution < -0.4 is 0 Å². The van der Waals surface area contributed by atoms with Crippen LogP contribution in [0.2, 0.25) is 24.2 Å². The Balaban J connectivity index is 3.94. The van der Waals surface area contributed by atoms with Crippen LogP contribution in [0.3, 0.4) is 0 Å². The molecule has 2 unspecified atom stereocenters. The third-order valence-electron chi connectivity index (χ3n) is 5.72. The smallest absolute Gasteiger partial charge is 0.0309 e. The average molecular weight is 287 g/mol. The van der Waals surface area contributed by atoms with E-state index < -0.39 is 16.6 Å². The van der Waals surface area contributed by atoms with Gasteiger partial charge in [0.25, 0.3) is 0 Å². The van der Waals surface area contributed by atoms with Gasteiger partial charge in [0.1, 0.15) is 0 Å². The molecule has 0 saturated heterocycles. The molecule has 0 aromatic carbocycles. The Morgan fingerprint density at radius 2 is 1.39 bits per heavy atom. The van der Waals surface area contributed by atoms with Crippen molar-refractivity contribution >= 4 is 16.6 Å². The highest BCUT2D eigenvalue weighted by atomic mass is 29.2. The second-order valence-electron chi connectivity index (χ2n) is 7.87. The van der Waals surface area contributed by atoms with E-state index in [9.17, 15) is 0 Å². The molecular weight excluding hydrogens is 248 g/mol. The summed E-state index contributed by atoms with van der Waals surface area (Å²) in [6.07, 6.45) is 7.12. The van der Waals surface area contributed by atoms with Crippen molar-refractivity contribution < 1.29 is 0 Å². The predicted octanol–water partition coefficient (Wildman–Crippen LogP) is 5.58. The Labute approximate surface area is 120 Å². The highest BCUT2D eigenvalue weighted by Crippen LogP contribution is 2.34. The van der Waals surface area contributed by atoms with Crippen molar-refractivity contribution in [3.05, 3.63) is 0 Å². The second-order valence-corrected chi connectivity index (χ2v) is 20.0. The van der Waals surface area contributed by atoms with Gasteiger partial charge in [-0.15, -0.1) is 0 Å². The first-order chi connectivity index (χ1) is 8.16. The molecule has 110 valence electrons. The molecule has 0 heterocycles. The summed E-state index contributed by atoms with van der Waals surface area (Å²) < 4.78 is 0. The zero-order chi connectivity index (χ0) is 14.4. The van der Waals surface area contributed by atoms with Crippen molar-refractivity contribution in [2.75, 3.05) is 0 Å². The molecule has 0 nitrogen and oxygen atoms in total. The summed E-state index contributed by atoms with van der Waals surface area (Å²) in [6, 6.07) is 1.61. The van der Waals surface area contributed by atoms with E-state index in [1.54, 1.807) is 6.04 Å². The molecular formula is C16H38Si2. The molecule has 0 saturated carbocycles. The third kappa shape index (κ3) is 6.56. The van der Waals surface area contributed by atoms with Crippen LogP contribution >= 0.6 is 0 Å². The van der Waals surface area contributed by atoms with Gasteiger partial charge in [-0.2, -0.15) is 0 Å². The summed E-state index contributed by atoms with van der Waals surface area (Å²) in [7, 11) is -0.853. The fourth-order valence-corrected chi connectivity index (χ4v) is 13.7. The Kier molecular flexibility index (Phi) is 8.08. The van der Waals surface area contributed by atoms with Gasteiger partial charge in [0.2, 0.25) is 0 Å². The van der Waals surface area contributed by atoms with Crippen LogP contribution in [0.15, 0.2) is 0 Å². The van der Waals surface area contributed by atoms with E-state index in [0.717, 1.165) is 0 Å². The van der Waals surface area contributed by atoms with Gasteiger partial charge in [-0.05, 0) is 16.9 Å². The molecule has 0 aromatic heterocycles. The van der Waals surface area contributed by atoms with E-state index in [0.29, 0.717) is 10.5 Å². The van der Waals surface area contributed by atoms with Crippen LogP contribution in [-0.2, 0) is 0 Å². The van der Waals surface area contributed by atoms with Crippen molar-refractivity contribution in [1.29, 1.82) is 0 Å². The van der Waals surface area contributed by atoms with Gasteiger partial charge in [-0.3, -0.25) is 0 Å². The van der Waals surface area contributed by atoms with E-state index in [-0.39, 0.29) is 0 Å². The molecule has 0 amide bonds. The lowest BCUT2D eigenvalue weighted by molar-refractivity contribution is 0.311. The van der Waals surface area contributed by atoms with Crippen LogP contribution in [0.25, 0.3) is 0 Å². The Morgan fingerprint density at radius 3 is 1.83 bits per heavy atom. The average Bonchev–Trinajstić information content (AvgIpc) is 2.33. The van der Waals surface area contributed by atoms with Crippen molar-refractivity contribution in [2.24, 2.45) is 5.41 Å². The van der Waals surface area contributed by atoms with Crippen LogP contribution in [0.5, 0.6) is 0 Å². The van der Waals surface area contributed by atoms with Crippen molar-refractivity contribution in [3.8, 4) is 0 Å². The number of hydrogen-bond donors (Lipinski definition) is 0. The molecule has 0 aliphatic rings. The molecule has 0 bridgehead atoms. The molecule has 2 atom stereocenters. The first-order valence-corrected chi connectivity index (χ1v) is 14.5. The first-order valence-electron chi connectivity index (χ1n) is 8.16. The predicted molar refractivity (Wildman–Crippen MR) is 93.1 cm³/mol. The maximum atomic E-state index is 2.65. The first kappa shape index (κ1) is 18.4. The van der Waals surface area contributed by atoms with Gasteiger partial charge in [-0.1, -0.05) is 86.4 Å². The van der Waals surface area contributed by atoms with Gasteiger partial charge in [0, 0.05) is 16.6 Å². The highest BCUT2D eigenvalue weighted by Gasteiger charge is 2.29. The van der Waals surface area contributed by atoms with Gasteiger partial charge < -0.3 is 0 Å². The van der Waals surface area contributed by atoms with Crippen molar-refractivity contribution in [1.82, 2.24) is 0 Å². The topological polar surface area (TPSA) is 0 Å². The summed E-state index contributed by atoms with van der Waals surface area (Å²) >= 11 is 0. The van der Waals surface area contributed by atoms with E-state index >= 15 is 0 Å². The summed E-state index contributed by atoms with van der Waals surface area (Å²) in [5.74, 6) is 0. The molecule has 0 spiro atoms. The second kappa shape index (κ2) is 7.89. The molecule has 18 heavy (non-hydrogen) atoms. The van der Waals surface area contributed by atoms with E-state index in [4.69, 9.17) is 0 Å². The Morgan fingerprint density at radius 1 is 0.833 bits per heavy atom. The van der Waals surface area contributed by atoms with E-state index in [1.807, 2.05) is 0 Å². The molecule has 0 radical (unpaired) electrons. The van der Waals surface area contributed by atoms with E-state index in [1.165, 1.54) is 32.1 Å². The Hall–Kier alpha value is 0.434. The SMILES string of the molecule is CCC(C)(C)CCCC[SiH](C)[SiH](C)C(C)(C)CC. The lowest BCUT2D eigenvalue weighted by atomic mass is 9.85. The lowest BCUT2D eigenvalue weighted by Crippen LogP contribution is -2.38. The number of hydrogen-bond acceptors (Lipinski definition) is 0. The zero-order valence-electron chi connectivity index (χ0n) is 14.4. The minimum atomic E-state index is -0.458. The van der Waals surface area contributed by atoms with Gasteiger partial charge in [0.15, 0.2) is 0 Å². The van der Waals surface area contributed by atoms with Gasteiger partial charge in [0.05, 0.1) is 0 Å². The van der Waals surface area contributed by atoms with E-state index in [2.05, 4.69) is 54.6 Å². The largest absolute Gasteiger partial charge is 0.0741 e. The fraction of sp³-hybridized carbons (Fsp3) is 1.00. The maximum absolute atomic E-state index is 2.65. The minimum Gasteiger partial charge on any atom is -0.0741 e. The minimum absolute atomic E-state index is 0.395. The molecule has 0 aromatic rings. The maximum Gasteiger partial charge on any atom is 0.0309 e. The summed E-state index contributed by atoms with van der Waals surface area (Å²) in [5.41, 5.74) is 0.580. The van der Waals surface area contributed by atoms with Crippen LogP contribution in [0.4, 0.5) is 0 Å². The van der Waals surface area contributed by atoms with Crippen LogP contribution in [-0.4, -0.2) is 16.6 Å². The van der Waals surface area contributed by atoms with Crippen LogP contribution in [0.1, 0.15) is 73.6 Å². The molecule has 0 rings (SSSR count). The molecule has 2 heteroatoms. The quantitative estimate of drug-likeness (QED) is 0.384. The number of rotatable bonds is 9. The third-order valence-corrected chi connectivity index (χ3v) is 20.4. The standard InChI is InChI=1S/C16H38Si2/c1-9-15(3,4)13-11-12-14-17(7)18(8)16(5,6)10-2/h17-18H,9-14H2,1-8H3. The van der Waals surface area contributed by atoms with Gasteiger partial charge in [-0.25, -0.2) is 0 Å². The fourth-order valence-electron chi connectivity index (χ4n) is 2.59. The monoisotopic (exact) mass is 286 g/mol. The normalized spacial score (nSPS) is 16.7. The zero-order valence-corrected chi connectivity index (χ0v) is 16.7. The Bertz CT molecular complexity index is 221. The molecule has 0 N–H and O–H groups in total. The van der Waals surface area contributed by atoms with Crippen molar-refractivity contribution in [2.45, 2.75) is 97.8 Å². The highest BCUT2D eigenvalue weighted by molar-refractivity contribution is 7.22.